The molecule has 0 aromatic heterocycles. The highest BCUT2D eigenvalue weighted by atomic mass is 19.2. The molecule has 0 heterocycles. The van der Waals surface area contributed by atoms with E-state index in [9.17, 15) is 22.4 Å². The Morgan fingerprint density at radius 3 is 1.61 bits per heavy atom. The Morgan fingerprint density at radius 1 is 0.871 bits per heavy atom. The van der Waals surface area contributed by atoms with Crippen molar-refractivity contribution in [3.8, 4) is 0 Å². The molecule has 7 heteroatoms. The Kier molecular flexibility index (Phi) is 8.63. The van der Waals surface area contributed by atoms with Crippen molar-refractivity contribution in [2.75, 3.05) is 7.05 Å². The van der Waals surface area contributed by atoms with Gasteiger partial charge in [-0.3, -0.25) is 9.59 Å². The summed E-state index contributed by atoms with van der Waals surface area (Å²) in [5.41, 5.74) is 1.61. The summed E-state index contributed by atoms with van der Waals surface area (Å²) < 4.78 is 53.1. The second-order valence-corrected chi connectivity index (χ2v) is 6.78. The van der Waals surface area contributed by atoms with Gasteiger partial charge in [0.05, 0.1) is 0 Å². The maximum absolute atomic E-state index is 13.4. The highest BCUT2D eigenvalue weighted by Crippen LogP contribution is 2.29. The number of halogens is 4. The maximum Gasteiger partial charge on any atom is 0.185 e. The van der Waals surface area contributed by atoms with E-state index in [1.54, 1.807) is 7.05 Å². The van der Waals surface area contributed by atoms with E-state index in [2.05, 4.69) is 11.9 Å². The van der Waals surface area contributed by atoms with Gasteiger partial charge in [-0.25, -0.2) is 17.6 Å². The molecule has 162 valence electrons. The normalized spacial score (nSPS) is 18.5. The van der Waals surface area contributed by atoms with Gasteiger partial charge in [0, 0.05) is 17.2 Å². The van der Waals surface area contributed by atoms with Gasteiger partial charge in [-0.15, -0.1) is 0 Å². The molecule has 0 bridgehead atoms. The van der Waals surface area contributed by atoms with Crippen LogP contribution in [-0.2, 0) is 9.59 Å². The van der Waals surface area contributed by atoms with Crippen LogP contribution >= 0.6 is 0 Å². The van der Waals surface area contributed by atoms with Crippen LogP contribution in [0.4, 0.5) is 17.6 Å². The summed E-state index contributed by atoms with van der Waals surface area (Å²) in [6, 6.07) is 6.79. The van der Waals surface area contributed by atoms with Crippen LogP contribution in [0.1, 0.15) is 24.0 Å². The number of benzene rings is 2. The van der Waals surface area contributed by atoms with Crippen LogP contribution in [0.15, 0.2) is 60.2 Å². The molecule has 1 saturated carbocycles. The fourth-order valence-corrected chi connectivity index (χ4v) is 3.05. The molecule has 1 aliphatic carbocycles. The van der Waals surface area contributed by atoms with Crippen molar-refractivity contribution in [3.05, 3.63) is 94.6 Å². The van der Waals surface area contributed by atoms with Crippen LogP contribution < -0.4 is 5.32 Å². The topological polar surface area (TPSA) is 46.2 Å². The molecule has 1 N–H and O–H groups in total. The number of carbonyl (C=O) groups excluding carboxylic acids is 2. The number of ketones is 1. The van der Waals surface area contributed by atoms with Gasteiger partial charge in [0.1, 0.15) is 6.29 Å². The lowest BCUT2D eigenvalue weighted by atomic mass is 9.83. The first kappa shape index (κ1) is 24.0. The number of aldehydes is 1. The minimum atomic E-state index is -0.990. The first-order valence-electron chi connectivity index (χ1n) is 9.38. The largest absolute Gasteiger partial charge is 0.316 e. The van der Waals surface area contributed by atoms with E-state index in [-0.39, 0.29) is 11.8 Å². The fourth-order valence-electron chi connectivity index (χ4n) is 3.05. The maximum atomic E-state index is 13.4. The number of allylic oxidation sites excluding steroid dienone is 1. The van der Waals surface area contributed by atoms with Gasteiger partial charge >= 0.3 is 0 Å². The predicted octanol–water partition coefficient (Wildman–Crippen LogP) is 5.03. The fraction of sp³-hybridized carbons (Fsp3) is 0.167. The van der Waals surface area contributed by atoms with Crippen molar-refractivity contribution in [1.82, 2.24) is 5.32 Å². The number of carbonyl (C=O) groups is 2. The molecule has 0 unspecified atom stereocenters. The average molecular weight is 431 g/mol. The molecular weight excluding hydrogens is 410 g/mol. The van der Waals surface area contributed by atoms with E-state index >= 15 is 0 Å². The molecule has 3 rings (SSSR count). The lowest BCUT2D eigenvalue weighted by Gasteiger charge is -2.25. The van der Waals surface area contributed by atoms with Crippen molar-refractivity contribution in [2.45, 2.75) is 18.9 Å². The third-order valence-corrected chi connectivity index (χ3v) is 4.59. The number of rotatable bonds is 4. The van der Waals surface area contributed by atoms with Gasteiger partial charge < -0.3 is 5.32 Å². The Bertz CT molecular complexity index is 964. The molecule has 2 aromatic rings. The molecule has 31 heavy (non-hydrogen) atoms. The van der Waals surface area contributed by atoms with Crippen LogP contribution in [0.5, 0.6) is 0 Å². The standard InChI is InChI=1S/C21H17F4NO.C3H4O/c1-26-16-10-14(6-12-2-4-17(22)19(24)8-12)21(27)15(11-16)7-13-3-5-18(23)20(25)9-13;1-2-3-4/h2-9,16,26H,10-11H2,1H3;2-3H,1H2/b14-6+,15-7+;. The molecule has 2 aromatic carbocycles. The summed E-state index contributed by atoms with van der Waals surface area (Å²) in [4.78, 5) is 21.9. The molecule has 0 saturated heterocycles. The van der Waals surface area contributed by atoms with E-state index in [0.29, 0.717) is 41.4 Å². The molecule has 0 radical (unpaired) electrons. The van der Waals surface area contributed by atoms with E-state index in [4.69, 9.17) is 4.79 Å². The summed E-state index contributed by atoms with van der Waals surface area (Å²) >= 11 is 0. The highest BCUT2D eigenvalue weighted by Gasteiger charge is 2.27. The molecule has 0 amide bonds. The highest BCUT2D eigenvalue weighted by molar-refractivity contribution is 6.14. The minimum absolute atomic E-state index is 0.0456. The second kappa shape index (κ2) is 11.2. The van der Waals surface area contributed by atoms with Crippen LogP contribution in [0.3, 0.4) is 0 Å². The molecule has 0 aliphatic heterocycles. The number of nitrogens with one attached hydrogen (secondary N) is 1. The zero-order valence-corrected chi connectivity index (χ0v) is 16.8. The van der Waals surface area contributed by atoms with Gasteiger partial charge in [0.15, 0.2) is 29.1 Å². The summed E-state index contributed by atoms with van der Waals surface area (Å²) in [5, 5.41) is 3.09. The molecule has 0 atom stereocenters. The third kappa shape index (κ3) is 6.58. The monoisotopic (exact) mass is 431 g/mol. The summed E-state index contributed by atoms with van der Waals surface area (Å²) in [6.07, 6.45) is 5.72. The quantitative estimate of drug-likeness (QED) is 0.420. The zero-order valence-electron chi connectivity index (χ0n) is 16.8. The second-order valence-electron chi connectivity index (χ2n) is 6.78. The lowest BCUT2D eigenvalue weighted by molar-refractivity contribution is -0.113. The van der Waals surface area contributed by atoms with Crippen molar-refractivity contribution in [3.63, 3.8) is 0 Å². The average Bonchev–Trinajstić information content (AvgIpc) is 2.76. The Hall–Kier alpha value is -3.32. The number of hydrogen-bond acceptors (Lipinski definition) is 3. The van der Waals surface area contributed by atoms with Crippen molar-refractivity contribution in [2.24, 2.45) is 0 Å². The van der Waals surface area contributed by atoms with E-state index in [0.717, 1.165) is 24.3 Å². The SMILES string of the molecule is C=CC=O.CNC1C/C(=C\c2ccc(F)c(F)c2)C(=O)/C(=C/c2ccc(F)c(F)c2)C1. The van der Waals surface area contributed by atoms with E-state index in [1.807, 2.05) is 0 Å². The number of hydrogen-bond donors (Lipinski definition) is 1. The Labute approximate surface area is 177 Å². The van der Waals surface area contributed by atoms with Crippen LogP contribution in [0.25, 0.3) is 12.2 Å². The van der Waals surface area contributed by atoms with Gasteiger partial charge in [0.2, 0.25) is 0 Å². The Balaban J connectivity index is 0.000000785. The van der Waals surface area contributed by atoms with Crippen LogP contribution in [0, 0.1) is 23.3 Å². The van der Waals surface area contributed by atoms with Gasteiger partial charge in [-0.05, 0) is 73.5 Å². The molecule has 1 fully saturated rings. The molecule has 1 aliphatic rings. The third-order valence-electron chi connectivity index (χ3n) is 4.59. The predicted molar refractivity (Wildman–Crippen MR) is 112 cm³/mol. The van der Waals surface area contributed by atoms with Gasteiger partial charge in [-0.2, -0.15) is 0 Å². The zero-order chi connectivity index (χ0) is 23.0. The van der Waals surface area contributed by atoms with Crippen molar-refractivity contribution in [1.29, 1.82) is 0 Å². The van der Waals surface area contributed by atoms with Crippen molar-refractivity contribution < 1.29 is 27.2 Å². The Morgan fingerprint density at radius 2 is 1.29 bits per heavy atom. The van der Waals surface area contributed by atoms with Crippen LogP contribution in [0.2, 0.25) is 0 Å². The summed E-state index contributed by atoms with van der Waals surface area (Å²) in [5.74, 6) is -4.15. The first-order valence-corrected chi connectivity index (χ1v) is 9.38. The summed E-state index contributed by atoms with van der Waals surface area (Å²) in [7, 11) is 1.75. The van der Waals surface area contributed by atoms with Crippen molar-refractivity contribution >= 4 is 24.2 Å². The molecular formula is C24H21F4NO2. The minimum Gasteiger partial charge on any atom is -0.316 e. The van der Waals surface area contributed by atoms with E-state index < -0.39 is 23.3 Å². The smallest absolute Gasteiger partial charge is 0.185 e. The first-order chi connectivity index (χ1) is 14.8. The van der Waals surface area contributed by atoms with Crippen LogP contribution in [-0.4, -0.2) is 25.2 Å². The van der Waals surface area contributed by atoms with Gasteiger partial charge in [-0.1, -0.05) is 18.7 Å². The van der Waals surface area contributed by atoms with Gasteiger partial charge in [0.25, 0.3) is 0 Å². The van der Waals surface area contributed by atoms with E-state index in [1.165, 1.54) is 30.4 Å². The molecule has 3 nitrogen and oxygen atoms in total. The molecule has 0 spiro atoms. The summed E-state index contributed by atoms with van der Waals surface area (Å²) in [6.45, 7) is 3.11. The lowest BCUT2D eigenvalue weighted by Crippen LogP contribution is -2.33. The number of Topliss-reactive ketones (excluding diaryl/α,β-unsaturated/α-hetero) is 1.